The van der Waals surface area contributed by atoms with Crippen molar-refractivity contribution < 1.29 is 8.78 Å². The first-order chi connectivity index (χ1) is 7.27. The molecule has 1 saturated carbocycles. The van der Waals surface area contributed by atoms with E-state index >= 15 is 0 Å². The molecule has 0 aromatic heterocycles. The largest absolute Gasteiger partial charge is 0.306 e. The minimum Gasteiger partial charge on any atom is -0.306 e. The Balaban J connectivity index is 1.85. The van der Waals surface area contributed by atoms with E-state index < -0.39 is 12.5 Å². The number of piperidine rings is 1. The molecule has 1 N–H and O–H groups in total. The molecule has 1 heterocycles. The van der Waals surface area contributed by atoms with Crippen LogP contribution in [-0.4, -0.2) is 18.5 Å². The van der Waals surface area contributed by atoms with Gasteiger partial charge in [-0.2, -0.15) is 0 Å². The minimum absolute atomic E-state index is 0.373. The molecule has 0 aromatic carbocycles. The summed E-state index contributed by atoms with van der Waals surface area (Å²) in [5.74, 6) is 0.667. The molecule has 88 valence electrons. The Morgan fingerprint density at radius 1 is 0.867 bits per heavy atom. The molecule has 0 aromatic rings. The van der Waals surface area contributed by atoms with Crippen molar-refractivity contribution in [2.75, 3.05) is 0 Å². The highest BCUT2D eigenvalue weighted by molar-refractivity contribution is 4.87. The number of nitrogens with one attached hydrogen (secondary N) is 1. The molecule has 2 unspecified atom stereocenters. The van der Waals surface area contributed by atoms with Gasteiger partial charge in [-0.15, -0.1) is 0 Å². The molecule has 0 spiro atoms. The molecule has 2 fully saturated rings. The lowest BCUT2D eigenvalue weighted by atomic mass is 9.80. The van der Waals surface area contributed by atoms with Crippen LogP contribution in [0.1, 0.15) is 51.4 Å². The van der Waals surface area contributed by atoms with Crippen molar-refractivity contribution in [1.29, 1.82) is 0 Å². The van der Waals surface area contributed by atoms with E-state index in [9.17, 15) is 8.78 Å². The minimum atomic E-state index is -2.18. The van der Waals surface area contributed by atoms with Crippen LogP contribution in [0.15, 0.2) is 0 Å². The van der Waals surface area contributed by atoms with Crippen LogP contribution in [0.25, 0.3) is 0 Å². The topological polar surface area (TPSA) is 12.0 Å². The fourth-order valence-electron chi connectivity index (χ4n) is 3.11. The summed E-state index contributed by atoms with van der Waals surface area (Å²) in [6.45, 7) is 0. The van der Waals surface area contributed by atoms with Crippen molar-refractivity contribution in [1.82, 2.24) is 5.32 Å². The van der Waals surface area contributed by atoms with Gasteiger partial charge in [0.15, 0.2) is 0 Å². The first kappa shape index (κ1) is 11.3. The molecule has 1 aliphatic heterocycles. The first-order valence-electron chi connectivity index (χ1n) is 6.31. The Bertz CT molecular complexity index is 190. The zero-order valence-corrected chi connectivity index (χ0v) is 9.22. The van der Waals surface area contributed by atoms with Crippen LogP contribution in [0.4, 0.5) is 8.78 Å². The van der Waals surface area contributed by atoms with Gasteiger partial charge in [0.1, 0.15) is 0 Å². The molecule has 0 amide bonds. The monoisotopic (exact) mass is 217 g/mol. The lowest BCUT2D eigenvalue weighted by Crippen LogP contribution is -2.49. The molecule has 15 heavy (non-hydrogen) atoms. The Kier molecular flexibility index (Phi) is 3.95. The summed E-state index contributed by atoms with van der Waals surface area (Å²) in [6, 6.07) is -0.163. The van der Waals surface area contributed by atoms with Crippen LogP contribution in [0.3, 0.4) is 0 Å². The van der Waals surface area contributed by atoms with E-state index in [0.29, 0.717) is 18.4 Å². The molecular weight excluding hydrogens is 196 g/mol. The predicted molar refractivity (Wildman–Crippen MR) is 57.1 cm³/mol. The molecule has 1 saturated heterocycles. The maximum absolute atomic E-state index is 12.6. The highest BCUT2D eigenvalue weighted by Crippen LogP contribution is 2.31. The standard InChI is InChI=1S/C12H21F2N/c13-12(14)11-8-4-7-10(15-11)9-5-2-1-3-6-9/h9-12,15H,1-8H2. The normalized spacial score (nSPS) is 34.6. The van der Waals surface area contributed by atoms with Gasteiger partial charge in [0.25, 0.3) is 6.43 Å². The second-order valence-corrected chi connectivity index (χ2v) is 5.04. The van der Waals surface area contributed by atoms with Crippen LogP contribution >= 0.6 is 0 Å². The number of hydrogen-bond donors (Lipinski definition) is 1. The second-order valence-electron chi connectivity index (χ2n) is 5.04. The van der Waals surface area contributed by atoms with Crippen LogP contribution in [0, 0.1) is 5.92 Å². The maximum atomic E-state index is 12.6. The fourth-order valence-corrected chi connectivity index (χ4v) is 3.11. The summed E-state index contributed by atoms with van der Waals surface area (Å²) in [5.41, 5.74) is 0. The average molecular weight is 217 g/mol. The van der Waals surface area contributed by atoms with Crippen molar-refractivity contribution in [2.45, 2.75) is 69.9 Å². The smallest absolute Gasteiger partial charge is 0.253 e. The Morgan fingerprint density at radius 3 is 2.27 bits per heavy atom. The summed E-state index contributed by atoms with van der Waals surface area (Å²) in [4.78, 5) is 0. The van der Waals surface area contributed by atoms with Gasteiger partial charge in [-0.3, -0.25) is 0 Å². The van der Waals surface area contributed by atoms with E-state index in [1.807, 2.05) is 0 Å². The second kappa shape index (κ2) is 5.24. The van der Waals surface area contributed by atoms with Crippen molar-refractivity contribution in [3.8, 4) is 0 Å². The molecule has 0 bridgehead atoms. The SMILES string of the molecule is FC(F)C1CCCC(C2CCCCC2)N1. The molecule has 3 heteroatoms. The Labute approximate surface area is 90.6 Å². The third-order valence-corrected chi connectivity index (χ3v) is 3.98. The van der Waals surface area contributed by atoms with Crippen molar-refractivity contribution in [3.63, 3.8) is 0 Å². The van der Waals surface area contributed by atoms with Crippen molar-refractivity contribution in [3.05, 3.63) is 0 Å². The molecule has 0 radical (unpaired) electrons. The Morgan fingerprint density at radius 2 is 1.60 bits per heavy atom. The summed E-state index contributed by atoms with van der Waals surface area (Å²) in [5, 5.41) is 3.17. The van der Waals surface area contributed by atoms with Gasteiger partial charge in [0, 0.05) is 6.04 Å². The van der Waals surface area contributed by atoms with E-state index in [-0.39, 0.29) is 0 Å². The van der Waals surface area contributed by atoms with Gasteiger partial charge in [0.2, 0.25) is 0 Å². The summed E-state index contributed by atoms with van der Waals surface area (Å²) < 4.78 is 25.2. The third kappa shape index (κ3) is 2.90. The highest BCUT2D eigenvalue weighted by Gasteiger charge is 2.32. The fraction of sp³-hybridized carbons (Fsp3) is 1.00. The quantitative estimate of drug-likeness (QED) is 0.748. The van der Waals surface area contributed by atoms with Gasteiger partial charge >= 0.3 is 0 Å². The van der Waals surface area contributed by atoms with Gasteiger partial charge in [-0.1, -0.05) is 25.7 Å². The summed E-state index contributed by atoms with van der Waals surface area (Å²) in [6.07, 6.45) is 6.96. The number of hydrogen-bond acceptors (Lipinski definition) is 1. The van der Waals surface area contributed by atoms with Crippen LogP contribution in [0.5, 0.6) is 0 Å². The van der Waals surface area contributed by atoms with Crippen LogP contribution in [0.2, 0.25) is 0 Å². The first-order valence-corrected chi connectivity index (χ1v) is 6.31. The summed E-state index contributed by atoms with van der Waals surface area (Å²) >= 11 is 0. The van der Waals surface area contributed by atoms with Crippen LogP contribution in [-0.2, 0) is 0 Å². The Hall–Kier alpha value is -0.180. The van der Waals surface area contributed by atoms with Crippen LogP contribution < -0.4 is 5.32 Å². The van der Waals surface area contributed by atoms with E-state index in [2.05, 4.69) is 5.32 Å². The number of halogens is 2. The zero-order valence-electron chi connectivity index (χ0n) is 9.22. The lowest BCUT2D eigenvalue weighted by Gasteiger charge is -2.37. The van der Waals surface area contributed by atoms with Gasteiger partial charge in [-0.05, 0) is 31.6 Å². The van der Waals surface area contributed by atoms with E-state index in [1.165, 1.54) is 32.1 Å². The van der Waals surface area contributed by atoms with E-state index in [0.717, 1.165) is 12.8 Å². The summed E-state index contributed by atoms with van der Waals surface area (Å²) in [7, 11) is 0. The van der Waals surface area contributed by atoms with E-state index in [1.54, 1.807) is 0 Å². The van der Waals surface area contributed by atoms with Gasteiger partial charge < -0.3 is 5.32 Å². The predicted octanol–water partition coefficient (Wildman–Crippen LogP) is 3.34. The molecular formula is C12H21F2N. The van der Waals surface area contributed by atoms with Gasteiger partial charge in [-0.25, -0.2) is 8.78 Å². The highest BCUT2D eigenvalue weighted by atomic mass is 19.3. The number of rotatable bonds is 2. The molecule has 2 aliphatic rings. The number of alkyl halides is 2. The maximum Gasteiger partial charge on any atom is 0.253 e. The third-order valence-electron chi connectivity index (χ3n) is 3.98. The molecule has 2 rings (SSSR count). The molecule has 1 aliphatic carbocycles. The van der Waals surface area contributed by atoms with E-state index in [4.69, 9.17) is 0 Å². The lowest BCUT2D eigenvalue weighted by molar-refractivity contribution is 0.0619. The molecule has 2 atom stereocenters. The van der Waals surface area contributed by atoms with Crippen molar-refractivity contribution >= 4 is 0 Å². The average Bonchev–Trinajstić information content (AvgIpc) is 2.30. The van der Waals surface area contributed by atoms with Crippen molar-refractivity contribution in [2.24, 2.45) is 5.92 Å². The zero-order chi connectivity index (χ0) is 10.7. The molecule has 1 nitrogen and oxygen atoms in total. The van der Waals surface area contributed by atoms with Gasteiger partial charge in [0.05, 0.1) is 6.04 Å².